The van der Waals surface area contributed by atoms with Gasteiger partial charge in [-0.15, -0.1) is 0 Å². The van der Waals surface area contributed by atoms with Crippen LogP contribution in [-0.2, 0) is 6.42 Å². The van der Waals surface area contributed by atoms with E-state index in [-0.39, 0.29) is 17.6 Å². The van der Waals surface area contributed by atoms with E-state index in [1.165, 1.54) is 6.42 Å². The number of benzene rings is 3. The third-order valence-corrected chi connectivity index (χ3v) is 7.65. The Morgan fingerprint density at radius 3 is 2.46 bits per heavy atom. The summed E-state index contributed by atoms with van der Waals surface area (Å²) in [5.74, 6) is 1.06. The van der Waals surface area contributed by atoms with Gasteiger partial charge in [-0.1, -0.05) is 73.9 Å². The molecule has 202 valence electrons. The van der Waals surface area contributed by atoms with Gasteiger partial charge in [0.2, 0.25) is 0 Å². The number of amides is 2. The predicted octanol–water partition coefficient (Wildman–Crippen LogP) is 6.04. The Kier molecular flexibility index (Phi) is 8.25. The van der Waals surface area contributed by atoms with Gasteiger partial charge in [0.25, 0.3) is 5.56 Å². The Labute approximate surface area is 229 Å². The highest BCUT2D eigenvalue weighted by Crippen LogP contribution is 2.28. The van der Waals surface area contributed by atoms with Gasteiger partial charge in [-0.25, -0.2) is 9.78 Å². The van der Waals surface area contributed by atoms with Crippen molar-refractivity contribution >= 4 is 16.9 Å². The first-order valence-corrected chi connectivity index (χ1v) is 13.8. The molecule has 0 aliphatic heterocycles. The molecule has 1 aliphatic carbocycles. The van der Waals surface area contributed by atoms with Gasteiger partial charge in [-0.2, -0.15) is 0 Å². The molecule has 7 heteroatoms. The molecule has 0 spiro atoms. The van der Waals surface area contributed by atoms with Gasteiger partial charge in [0.05, 0.1) is 29.7 Å². The summed E-state index contributed by atoms with van der Waals surface area (Å²) in [6.45, 7) is 2.44. The second-order valence-electron chi connectivity index (χ2n) is 10.2. The Hall–Kier alpha value is -4.13. The van der Waals surface area contributed by atoms with Crippen LogP contribution in [0.3, 0.4) is 0 Å². The lowest BCUT2D eigenvalue weighted by Crippen LogP contribution is -2.48. The van der Waals surface area contributed by atoms with Gasteiger partial charge >= 0.3 is 6.03 Å². The number of ether oxygens (including phenoxy) is 1. The fraction of sp³-hybridized carbons (Fsp3) is 0.344. The molecule has 1 N–H and O–H groups in total. The van der Waals surface area contributed by atoms with Gasteiger partial charge < -0.3 is 15.0 Å². The number of hydrogen-bond acceptors (Lipinski definition) is 4. The number of fused-ring (bicyclic) bond motifs is 1. The minimum atomic E-state index is -0.487. The summed E-state index contributed by atoms with van der Waals surface area (Å²) in [4.78, 5) is 34.6. The van der Waals surface area contributed by atoms with Crippen LogP contribution < -0.4 is 15.6 Å². The molecule has 3 aromatic carbocycles. The first kappa shape index (κ1) is 26.5. The molecule has 1 unspecified atom stereocenters. The Morgan fingerprint density at radius 2 is 1.69 bits per heavy atom. The summed E-state index contributed by atoms with van der Waals surface area (Å²) in [6.07, 6.45) is 6.15. The van der Waals surface area contributed by atoms with Crippen molar-refractivity contribution in [2.45, 2.75) is 57.5 Å². The van der Waals surface area contributed by atoms with Crippen molar-refractivity contribution in [3.8, 4) is 11.4 Å². The lowest BCUT2D eigenvalue weighted by Gasteiger charge is -2.33. The van der Waals surface area contributed by atoms with Crippen molar-refractivity contribution in [2.75, 3.05) is 13.7 Å². The van der Waals surface area contributed by atoms with Gasteiger partial charge in [-0.3, -0.25) is 9.36 Å². The number of nitrogens with zero attached hydrogens (tertiary/aromatic N) is 3. The van der Waals surface area contributed by atoms with Crippen LogP contribution in [-0.4, -0.2) is 40.2 Å². The number of para-hydroxylation sites is 3. The van der Waals surface area contributed by atoms with Crippen LogP contribution in [0, 0.1) is 0 Å². The van der Waals surface area contributed by atoms with E-state index in [4.69, 9.17) is 9.72 Å². The van der Waals surface area contributed by atoms with Crippen LogP contribution >= 0.6 is 0 Å². The standard InChI is InChI=1S/C32H36N4O3/c1-23(35(22-21-24-13-5-3-6-14-24)32(38)33-25-15-7-4-8-16-25)30-34-27-18-10-9-17-26(27)31(37)36(30)28-19-11-12-20-29(28)39-2/h3,5-6,9-14,17-20,23,25H,4,7-8,15-16,21-22H2,1-2H3,(H,33,38). The van der Waals surface area contributed by atoms with E-state index in [1.807, 2.05) is 72.5 Å². The zero-order chi connectivity index (χ0) is 27.2. The molecular weight excluding hydrogens is 488 g/mol. The van der Waals surface area contributed by atoms with Crippen LogP contribution in [0.1, 0.15) is 56.5 Å². The normalized spacial score (nSPS) is 14.6. The zero-order valence-corrected chi connectivity index (χ0v) is 22.7. The van der Waals surface area contributed by atoms with E-state index >= 15 is 0 Å². The first-order valence-electron chi connectivity index (χ1n) is 13.8. The van der Waals surface area contributed by atoms with Crippen molar-refractivity contribution < 1.29 is 9.53 Å². The third-order valence-electron chi connectivity index (χ3n) is 7.65. The van der Waals surface area contributed by atoms with E-state index in [0.29, 0.717) is 41.1 Å². The largest absolute Gasteiger partial charge is 0.495 e. The average Bonchev–Trinajstić information content (AvgIpc) is 2.98. The van der Waals surface area contributed by atoms with Crippen LogP contribution in [0.4, 0.5) is 4.79 Å². The molecule has 1 heterocycles. The second-order valence-corrected chi connectivity index (χ2v) is 10.2. The van der Waals surface area contributed by atoms with E-state index in [0.717, 1.165) is 31.2 Å². The van der Waals surface area contributed by atoms with Gasteiger partial charge in [-0.05, 0) is 56.0 Å². The van der Waals surface area contributed by atoms with Crippen LogP contribution in [0.5, 0.6) is 5.75 Å². The number of hydrogen-bond donors (Lipinski definition) is 1. The van der Waals surface area contributed by atoms with Gasteiger partial charge in [0, 0.05) is 12.6 Å². The van der Waals surface area contributed by atoms with Gasteiger partial charge in [0.15, 0.2) is 0 Å². The predicted molar refractivity (Wildman–Crippen MR) is 155 cm³/mol. The summed E-state index contributed by atoms with van der Waals surface area (Å²) in [7, 11) is 1.59. The fourth-order valence-electron chi connectivity index (χ4n) is 5.49. The zero-order valence-electron chi connectivity index (χ0n) is 22.7. The van der Waals surface area contributed by atoms with E-state index in [2.05, 4.69) is 17.4 Å². The summed E-state index contributed by atoms with van der Waals surface area (Å²) in [5, 5.41) is 3.80. The van der Waals surface area contributed by atoms with Crippen molar-refractivity contribution in [1.29, 1.82) is 0 Å². The molecule has 2 amide bonds. The quantitative estimate of drug-likeness (QED) is 0.305. The summed E-state index contributed by atoms with van der Waals surface area (Å²) < 4.78 is 7.24. The SMILES string of the molecule is COc1ccccc1-n1c(C(C)N(CCc2ccccc2)C(=O)NC2CCCCC2)nc2ccccc2c1=O. The molecule has 1 saturated carbocycles. The number of aromatic nitrogens is 2. The molecule has 7 nitrogen and oxygen atoms in total. The molecule has 0 bridgehead atoms. The summed E-state index contributed by atoms with van der Waals surface area (Å²) >= 11 is 0. The van der Waals surface area contributed by atoms with Crippen LogP contribution in [0.2, 0.25) is 0 Å². The Bertz CT molecular complexity index is 1480. The molecule has 0 saturated heterocycles. The molecule has 0 radical (unpaired) electrons. The monoisotopic (exact) mass is 524 g/mol. The molecule has 1 aromatic heterocycles. The molecule has 5 rings (SSSR count). The smallest absolute Gasteiger partial charge is 0.318 e. The molecule has 1 aliphatic rings. The maximum Gasteiger partial charge on any atom is 0.318 e. The number of rotatable bonds is 8. The minimum Gasteiger partial charge on any atom is -0.495 e. The summed E-state index contributed by atoms with van der Waals surface area (Å²) in [6, 6.07) is 24.5. The maximum atomic E-state index is 14.0. The lowest BCUT2D eigenvalue weighted by atomic mass is 9.96. The van der Waals surface area contributed by atoms with Crippen LogP contribution in [0.15, 0.2) is 83.7 Å². The first-order chi connectivity index (χ1) is 19.1. The van der Waals surface area contributed by atoms with Crippen molar-refractivity contribution in [1.82, 2.24) is 19.8 Å². The Balaban J connectivity index is 1.59. The van der Waals surface area contributed by atoms with Crippen molar-refractivity contribution in [3.05, 3.63) is 101 Å². The maximum absolute atomic E-state index is 14.0. The Morgan fingerprint density at radius 1 is 1.00 bits per heavy atom. The van der Waals surface area contributed by atoms with Gasteiger partial charge in [0.1, 0.15) is 11.6 Å². The number of nitrogens with one attached hydrogen (secondary N) is 1. The van der Waals surface area contributed by atoms with E-state index < -0.39 is 6.04 Å². The number of urea groups is 1. The molecule has 4 aromatic rings. The van der Waals surface area contributed by atoms with E-state index in [9.17, 15) is 9.59 Å². The lowest BCUT2D eigenvalue weighted by molar-refractivity contribution is 0.169. The number of carbonyl (C=O) groups excluding carboxylic acids is 1. The van der Waals surface area contributed by atoms with Crippen molar-refractivity contribution in [2.24, 2.45) is 0 Å². The molecule has 39 heavy (non-hydrogen) atoms. The molecule has 1 atom stereocenters. The summed E-state index contributed by atoms with van der Waals surface area (Å²) in [5.41, 5.74) is 2.16. The number of methoxy groups -OCH3 is 1. The second kappa shape index (κ2) is 12.2. The molecular formula is C32H36N4O3. The topological polar surface area (TPSA) is 76.5 Å². The molecule has 1 fully saturated rings. The highest BCUT2D eigenvalue weighted by Gasteiger charge is 2.29. The fourth-order valence-corrected chi connectivity index (χ4v) is 5.49. The average molecular weight is 525 g/mol. The van der Waals surface area contributed by atoms with Crippen LogP contribution in [0.25, 0.3) is 16.6 Å². The highest BCUT2D eigenvalue weighted by atomic mass is 16.5. The minimum absolute atomic E-state index is 0.126. The van der Waals surface area contributed by atoms with Crippen molar-refractivity contribution in [3.63, 3.8) is 0 Å². The number of carbonyl (C=O) groups is 1. The highest BCUT2D eigenvalue weighted by molar-refractivity contribution is 5.79. The third kappa shape index (κ3) is 5.82. The van der Waals surface area contributed by atoms with E-state index in [1.54, 1.807) is 17.7 Å².